The van der Waals surface area contributed by atoms with E-state index in [1.165, 1.54) is 7.11 Å². The van der Waals surface area contributed by atoms with E-state index in [1.54, 1.807) is 20.3 Å². The van der Waals surface area contributed by atoms with E-state index in [0.717, 1.165) is 34.0 Å². The SMILES string of the molecule is C=C/C(=C(/CCCCl)Cc1cc(OC)c(OC)cc1Br)C(C)C(=O)OC. The lowest BCUT2D eigenvalue weighted by atomic mass is 9.89. The minimum Gasteiger partial charge on any atom is -0.493 e. The topological polar surface area (TPSA) is 44.8 Å². The fourth-order valence-corrected chi connectivity index (χ4v) is 3.40. The molecule has 0 aliphatic rings. The molecule has 0 aliphatic heterocycles. The van der Waals surface area contributed by atoms with Crippen LogP contribution in [0.25, 0.3) is 0 Å². The highest BCUT2D eigenvalue weighted by Crippen LogP contribution is 2.35. The van der Waals surface area contributed by atoms with Gasteiger partial charge in [-0.2, -0.15) is 0 Å². The van der Waals surface area contributed by atoms with Gasteiger partial charge in [-0.25, -0.2) is 0 Å². The zero-order valence-corrected chi connectivity index (χ0v) is 18.1. The number of hydrogen-bond acceptors (Lipinski definition) is 4. The quantitative estimate of drug-likeness (QED) is 0.278. The number of allylic oxidation sites excluding steroid dienone is 2. The fraction of sp³-hybridized carbons (Fsp3) is 0.450. The molecule has 1 rings (SSSR count). The van der Waals surface area contributed by atoms with Gasteiger partial charge in [-0.15, -0.1) is 11.6 Å². The summed E-state index contributed by atoms with van der Waals surface area (Å²) in [7, 11) is 4.60. The lowest BCUT2D eigenvalue weighted by Crippen LogP contribution is -2.16. The van der Waals surface area contributed by atoms with Crippen LogP contribution in [0.15, 0.2) is 40.4 Å². The Morgan fingerprint density at radius 2 is 1.88 bits per heavy atom. The molecule has 0 saturated heterocycles. The summed E-state index contributed by atoms with van der Waals surface area (Å²) in [5.74, 6) is 1.19. The van der Waals surface area contributed by atoms with E-state index in [1.807, 2.05) is 19.1 Å². The first-order valence-corrected chi connectivity index (χ1v) is 9.64. The predicted molar refractivity (Wildman–Crippen MR) is 109 cm³/mol. The highest BCUT2D eigenvalue weighted by atomic mass is 79.9. The number of carbonyl (C=O) groups is 1. The molecular formula is C20H26BrClO4. The van der Waals surface area contributed by atoms with Crippen LogP contribution in [0.2, 0.25) is 0 Å². The molecular weight excluding hydrogens is 420 g/mol. The van der Waals surface area contributed by atoms with E-state index < -0.39 is 0 Å². The maximum atomic E-state index is 12.0. The van der Waals surface area contributed by atoms with Gasteiger partial charge in [-0.05, 0) is 49.5 Å². The first kappa shape index (κ1) is 22.6. The van der Waals surface area contributed by atoms with Crippen molar-refractivity contribution in [2.24, 2.45) is 5.92 Å². The first-order valence-electron chi connectivity index (χ1n) is 8.31. The highest BCUT2D eigenvalue weighted by molar-refractivity contribution is 9.10. The third-order valence-electron chi connectivity index (χ3n) is 4.22. The monoisotopic (exact) mass is 444 g/mol. The van der Waals surface area contributed by atoms with E-state index >= 15 is 0 Å². The molecule has 144 valence electrons. The first-order chi connectivity index (χ1) is 12.4. The van der Waals surface area contributed by atoms with Crippen LogP contribution < -0.4 is 9.47 Å². The fourth-order valence-electron chi connectivity index (χ4n) is 2.81. The Labute approximate surface area is 169 Å². The van der Waals surface area contributed by atoms with Crippen molar-refractivity contribution in [2.75, 3.05) is 27.2 Å². The lowest BCUT2D eigenvalue weighted by molar-refractivity contribution is -0.143. The maximum absolute atomic E-state index is 12.0. The van der Waals surface area contributed by atoms with Crippen molar-refractivity contribution < 1.29 is 19.0 Å². The number of methoxy groups -OCH3 is 3. The minimum atomic E-state index is -0.387. The number of esters is 1. The van der Waals surface area contributed by atoms with Crippen LogP contribution in [0.5, 0.6) is 11.5 Å². The Morgan fingerprint density at radius 3 is 2.38 bits per heavy atom. The normalized spacial score (nSPS) is 12.8. The molecule has 1 aromatic carbocycles. The van der Waals surface area contributed by atoms with Gasteiger partial charge >= 0.3 is 5.97 Å². The van der Waals surface area contributed by atoms with Crippen molar-refractivity contribution in [1.29, 1.82) is 0 Å². The van der Waals surface area contributed by atoms with E-state index in [9.17, 15) is 4.79 Å². The van der Waals surface area contributed by atoms with Crippen LogP contribution in [-0.4, -0.2) is 33.2 Å². The van der Waals surface area contributed by atoms with Crippen molar-refractivity contribution in [3.63, 3.8) is 0 Å². The van der Waals surface area contributed by atoms with Gasteiger partial charge in [-0.1, -0.05) is 34.2 Å². The van der Waals surface area contributed by atoms with E-state index in [2.05, 4.69) is 22.5 Å². The summed E-state index contributed by atoms with van der Waals surface area (Å²) in [5, 5.41) is 0. The molecule has 0 fully saturated rings. The van der Waals surface area contributed by atoms with Crippen LogP contribution in [0.1, 0.15) is 25.3 Å². The van der Waals surface area contributed by atoms with E-state index in [-0.39, 0.29) is 11.9 Å². The minimum absolute atomic E-state index is 0.283. The molecule has 0 heterocycles. The van der Waals surface area contributed by atoms with E-state index in [0.29, 0.717) is 23.8 Å². The van der Waals surface area contributed by atoms with Gasteiger partial charge in [0.15, 0.2) is 11.5 Å². The summed E-state index contributed by atoms with van der Waals surface area (Å²) in [6.45, 7) is 5.72. The molecule has 0 aromatic heterocycles. The molecule has 1 aromatic rings. The Hall–Kier alpha value is -1.46. The number of ether oxygens (including phenoxy) is 3. The molecule has 1 unspecified atom stereocenters. The van der Waals surface area contributed by atoms with Gasteiger partial charge in [0.2, 0.25) is 0 Å². The third kappa shape index (κ3) is 5.78. The van der Waals surface area contributed by atoms with Crippen LogP contribution >= 0.6 is 27.5 Å². The smallest absolute Gasteiger partial charge is 0.312 e. The molecule has 0 amide bonds. The summed E-state index contributed by atoms with van der Waals surface area (Å²) >= 11 is 9.50. The molecule has 0 aliphatic carbocycles. The zero-order chi connectivity index (χ0) is 19.7. The maximum Gasteiger partial charge on any atom is 0.312 e. The Kier molecular flexibility index (Phi) is 9.81. The van der Waals surface area contributed by atoms with Gasteiger partial charge < -0.3 is 14.2 Å². The molecule has 6 heteroatoms. The summed E-state index contributed by atoms with van der Waals surface area (Å²) in [6.07, 6.45) is 3.96. The summed E-state index contributed by atoms with van der Waals surface area (Å²) < 4.78 is 16.5. The molecule has 0 radical (unpaired) electrons. The summed E-state index contributed by atoms with van der Waals surface area (Å²) in [4.78, 5) is 12.0. The molecule has 26 heavy (non-hydrogen) atoms. The average molecular weight is 446 g/mol. The van der Waals surface area contributed by atoms with Gasteiger partial charge in [0.1, 0.15) is 0 Å². The molecule has 0 bridgehead atoms. The van der Waals surface area contributed by atoms with Crippen LogP contribution in [0, 0.1) is 5.92 Å². The highest BCUT2D eigenvalue weighted by Gasteiger charge is 2.21. The van der Waals surface area contributed by atoms with Crippen molar-refractivity contribution in [1.82, 2.24) is 0 Å². The number of hydrogen-bond donors (Lipinski definition) is 0. The second-order valence-electron chi connectivity index (χ2n) is 5.78. The number of carbonyl (C=O) groups excluding carboxylic acids is 1. The second-order valence-corrected chi connectivity index (χ2v) is 7.01. The van der Waals surface area contributed by atoms with Crippen molar-refractivity contribution in [3.05, 3.63) is 46.0 Å². The van der Waals surface area contributed by atoms with Gasteiger partial charge in [0, 0.05) is 10.4 Å². The summed E-state index contributed by atoms with van der Waals surface area (Å²) in [5.41, 5.74) is 3.01. The largest absolute Gasteiger partial charge is 0.493 e. The van der Waals surface area contributed by atoms with Crippen LogP contribution in [-0.2, 0) is 16.0 Å². The molecule has 4 nitrogen and oxygen atoms in total. The second kappa shape index (κ2) is 11.3. The number of alkyl halides is 1. The van der Waals surface area contributed by atoms with Crippen molar-refractivity contribution in [2.45, 2.75) is 26.2 Å². The van der Waals surface area contributed by atoms with Crippen LogP contribution in [0.4, 0.5) is 0 Å². The Balaban J connectivity index is 3.36. The predicted octanol–water partition coefficient (Wildman–Crippen LogP) is 5.32. The zero-order valence-electron chi connectivity index (χ0n) is 15.7. The molecule has 0 saturated carbocycles. The number of rotatable bonds is 10. The molecule has 1 atom stereocenters. The standard InChI is InChI=1S/C20H26BrClO4/c1-6-16(13(2)20(23)26-5)14(8-7-9-22)10-15-11-18(24-3)19(25-4)12-17(15)21/h6,11-13H,1,7-10H2,2-5H3/b16-14+. The lowest BCUT2D eigenvalue weighted by Gasteiger charge is -2.19. The molecule has 0 spiro atoms. The Morgan fingerprint density at radius 1 is 1.27 bits per heavy atom. The third-order valence-corrected chi connectivity index (χ3v) is 5.22. The van der Waals surface area contributed by atoms with E-state index in [4.69, 9.17) is 25.8 Å². The van der Waals surface area contributed by atoms with Crippen molar-refractivity contribution in [3.8, 4) is 11.5 Å². The van der Waals surface area contributed by atoms with Crippen molar-refractivity contribution >= 4 is 33.5 Å². The van der Waals surface area contributed by atoms with Crippen LogP contribution in [0.3, 0.4) is 0 Å². The Bertz CT molecular complexity index is 670. The number of halogens is 2. The van der Waals surface area contributed by atoms with Gasteiger partial charge in [-0.3, -0.25) is 4.79 Å². The van der Waals surface area contributed by atoms with Gasteiger partial charge in [0.25, 0.3) is 0 Å². The number of benzene rings is 1. The van der Waals surface area contributed by atoms with Gasteiger partial charge in [0.05, 0.1) is 27.2 Å². The average Bonchev–Trinajstić information content (AvgIpc) is 2.66. The molecule has 0 N–H and O–H groups in total. The summed E-state index contributed by atoms with van der Waals surface area (Å²) in [6, 6.07) is 3.82.